The van der Waals surface area contributed by atoms with Crippen LogP contribution in [0, 0.1) is 16.7 Å². The van der Waals surface area contributed by atoms with Crippen molar-refractivity contribution in [2.24, 2.45) is 5.73 Å². The molecule has 1 aromatic heterocycles. The Morgan fingerprint density at radius 3 is 2.13 bits per heavy atom. The van der Waals surface area contributed by atoms with Crippen molar-refractivity contribution in [3.8, 4) is 28.7 Å². The fourth-order valence-corrected chi connectivity index (χ4v) is 3.49. The molecule has 1 heterocycles. The summed E-state index contributed by atoms with van der Waals surface area (Å²) < 4.78 is 1.43. The molecule has 3 N–H and O–H groups in total. The highest BCUT2D eigenvalue weighted by Gasteiger charge is 2.19. The quantitative estimate of drug-likeness (QED) is 0.402. The van der Waals surface area contributed by atoms with Crippen LogP contribution in [0.25, 0.3) is 22.6 Å². The zero-order valence-electron chi connectivity index (χ0n) is 15.4. The maximum atomic E-state index is 13.2. The first kappa shape index (κ1) is 23.8. The molecule has 30 heavy (non-hydrogen) atoms. The number of amidine groups is 1. The van der Waals surface area contributed by atoms with E-state index in [9.17, 15) is 10.1 Å². The van der Waals surface area contributed by atoms with Crippen molar-refractivity contribution in [2.75, 3.05) is 5.75 Å². The van der Waals surface area contributed by atoms with Crippen LogP contribution in [0.2, 0.25) is 10.0 Å². The van der Waals surface area contributed by atoms with E-state index in [0.717, 1.165) is 11.8 Å². The van der Waals surface area contributed by atoms with Gasteiger partial charge in [-0.1, -0.05) is 47.1 Å². The molecule has 0 radical (unpaired) electrons. The van der Waals surface area contributed by atoms with E-state index in [1.54, 1.807) is 48.5 Å². The largest absolute Gasteiger partial charge is 0.379 e. The van der Waals surface area contributed by atoms with Gasteiger partial charge >= 0.3 is 0 Å². The van der Waals surface area contributed by atoms with Crippen molar-refractivity contribution in [3.63, 3.8) is 0 Å². The van der Waals surface area contributed by atoms with Crippen LogP contribution in [0.15, 0.2) is 53.3 Å². The first-order valence-electron chi connectivity index (χ1n) is 8.44. The third-order valence-electron chi connectivity index (χ3n) is 4.07. The highest BCUT2D eigenvalue weighted by Crippen LogP contribution is 2.26. The maximum absolute atomic E-state index is 13.2. The number of halogens is 3. The minimum Gasteiger partial charge on any atom is -0.379 e. The molecule has 0 unspecified atom stereocenters. The van der Waals surface area contributed by atoms with Crippen molar-refractivity contribution < 1.29 is 0 Å². The molecule has 0 amide bonds. The fourth-order valence-electron chi connectivity index (χ4n) is 2.75. The molecule has 0 aliphatic rings. The third-order valence-corrected chi connectivity index (χ3v) is 5.28. The number of hydrogen-bond acceptors (Lipinski definition) is 5. The molecule has 0 saturated carbocycles. The highest BCUT2D eigenvalue weighted by atomic mass is 35.5. The van der Waals surface area contributed by atoms with Crippen LogP contribution in [0.1, 0.15) is 5.56 Å². The van der Waals surface area contributed by atoms with Crippen LogP contribution in [-0.4, -0.2) is 20.5 Å². The van der Waals surface area contributed by atoms with Crippen LogP contribution in [0.3, 0.4) is 0 Å². The van der Waals surface area contributed by atoms with Crippen molar-refractivity contribution in [3.05, 3.63) is 74.5 Å². The van der Waals surface area contributed by atoms with Gasteiger partial charge in [-0.25, -0.2) is 4.98 Å². The van der Waals surface area contributed by atoms with Gasteiger partial charge in [0.2, 0.25) is 0 Å². The van der Waals surface area contributed by atoms with Crippen LogP contribution in [0.5, 0.6) is 0 Å². The molecule has 10 heteroatoms. The molecule has 0 atom stereocenters. The number of hydrogen-bond donors (Lipinski definition) is 2. The number of nitriles is 1. The van der Waals surface area contributed by atoms with Gasteiger partial charge in [0.1, 0.15) is 17.5 Å². The van der Waals surface area contributed by atoms with E-state index in [0.29, 0.717) is 32.7 Å². The molecule has 3 rings (SSSR count). The smallest absolute Gasteiger partial charge is 0.272 e. The van der Waals surface area contributed by atoms with Gasteiger partial charge in [0.25, 0.3) is 5.56 Å². The van der Waals surface area contributed by atoms with E-state index in [-0.39, 0.29) is 35.4 Å². The molecule has 0 aliphatic heterocycles. The first-order valence-corrected chi connectivity index (χ1v) is 10.2. The van der Waals surface area contributed by atoms with E-state index in [1.807, 2.05) is 6.07 Å². The maximum Gasteiger partial charge on any atom is 0.272 e. The van der Waals surface area contributed by atoms with Crippen LogP contribution >= 0.6 is 47.4 Å². The number of thioether (sulfide) groups is 1. The lowest BCUT2D eigenvalue weighted by Crippen LogP contribution is -2.28. The summed E-state index contributed by atoms with van der Waals surface area (Å²) in [6.45, 7) is 0.240. The van der Waals surface area contributed by atoms with E-state index >= 15 is 0 Å². The number of benzene rings is 2. The molecule has 0 fully saturated rings. The molecule has 2 aromatic carbocycles. The Labute approximate surface area is 193 Å². The minimum absolute atomic E-state index is 0. The molecule has 0 bridgehead atoms. The lowest BCUT2D eigenvalue weighted by molar-refractivity contribution is 0.724. The number of rotatable bonds is 5. The fraction of sp³-hybridized carbons (Fsp3) is 0.100. The van der Waals surface area contributed by atoms with Gasteiger partial charge in [0, 0.05) is 33.5 Å². The number of nitrogens with two attached hydrogens (primary N) is 1. The molecule has 0 spiro atoms. The van der Waals surface area contributed by atoms with Crippen LogP contribution < -0.4 is 11.3 Å². The Balaban J connectivity index is 0.00000320. The van der Waals surface area contributed by atoms with Crippen molar-refractivity contribution in [1.29, 1.82) is 10.7 Å². The van der Waals surface area contributed by atoms with Crippen LogP contribution in [0.4, 0.5) is 0 Å². The SMILES string of the molecule is Cl.N#Cc1c(-c2ccc(Cl)cc2)nc(-c2ccc(Cl)cc2)n(CCSC(=N)N)c1=O. The number of nitrogens with zero attached hydrogens (tertiary/aromatic N) is 3. The van der Waals surface area contributed by atoms with Gasteiger partial charge < -0.3 is 5.73 Å². The standard InChI is InChI=1S/C20H15Cl2N5OS.ClH/c21-14-5-1-12(2-6-14)17-16(11-23)19(28)27(9-10-29-20(24)25)18(26-17)13-3-7-15(22)8-4-13;/h1-8H,9-10H2,(H3,24,25);1H. The second-order valence-electron chi connectivity index (χ2n) is 5.95. The molecule has 154 valence electrons. The second kappa shape index (κ2) is 10.5. The van der Waals surface area contributed by atoms with Crippen molar-refractivity contribution in [1.82, 2.24) is 9.55 Å². The highest BCUT2D eigenvalue weighted by molar-refractivity contribution is 8.13. The van der Waals surface area contributed by atoms with Crippen molar-refractivity contribution in [2.45, 2.75) is 6.54 Å². The van der Waals surface area contributed by atoms with E-state index < -0.39 is 5.56 Å². The first-order chi connectivity index (χ1) is 13.9. The zero-order chi connectivity index (χ0) is 21.0. The predicted octanol–water partition coefficient (Wildman–Crippen LogP) is 4.80. The Morgan fingerprint density at radius 2 is 1.63 bits per heavy atom. The number of aromatic nitrogens is 2. The van der Waals surface area contributed by atoms with Crippen LogP contribution in [-0.2, 0) is 6.54 Å². The molecule has 0 saturated heterocycles. The van der Waals surface area contributed by atoms with Gasteiger partial charge in [-0.05, 0) is 36.4 Å². The predicted molar refractivity (Wildman–Crippen MR) is 126 cm³/mol. The Kier molecular flexibility index (Phi) is 8.33. The van der Waals surface area contributed by atoms with Gasteiger partial charge in [-0.15, -0.1) is 12.4 Å². The monoisotopic (exact) mass is 479 g/mol. The summed E-state index contributed by atoms with van der Waals surface area (Å²) in [7, 11) is 0. The Hall–Kier alpha value is -2.50. The molecule has 3 aromatic rings. The molecule has 6 nitrogen and oxygen atoms in total. The average molecular weight is 481 g/mol. The summed E-state index contributed by atoms with van der Waals surface area (Å²) in [4.78, 5) is 17.8. The van der Waals surface area contributed by atoms with E-state index in [2.05, 4.69) is 4.98 Å². The van der Waals surface area contributed by atoms with Gasteiger partial charge in [0.05, 0.1) is 5.69 Å². The number of nitrogens with one attached hydrogen (secondary N) is 1. The Bertz CT molecular complexity index is 1160. The molecular weight excluding hydrogens is 465 g/mol. The summed E-state index contributed by atoms with van der Waals surface area (Å²) in [5.74, 6) is 0.794. The third kappa shape index (κ3) is 5.35. The topological polar surface area (TPSA) is 109 Å². The zero-order valence-corrected chi connectivity index (χ0v) is 18.6. The summed E-state index contributed by atoms with van der Waals surface area (Å²) in [6.07, 6.45) is 0. The summed E-state index contributed by atoms with van der Waals surface area (Å²) >= 11 is 13.1. The van der Waals surface area contributed by atoms with Gasteiger partial charge in [0.15, 0.2) is 5.17 Å². The molecular formula is C20H16Cl3N5OS. The summed E-state index contributed by atoms with van der Waals surface area (Å²) in [6, 6.07) is 15.7. The normalized spacial score (nSPS) is 10.2. The van der Waals surface area contributed by atoms with Gasteiger partial charge in [-0.2, -0.15) is 5.26 Å². The summed E-state index contributed by atoms with van der Waals surface area (Å²) in [5, 5.41) is 18.1. The van der Waals surface area contributed by atoms with Gasteiger partial charge in [-0.3, -0.25) is 14.8 Å². The van der Waals surface area contributed by atoms with Crippen molar-refractivity contribution >= 4 is 52.5 Å². The Morgan fingerprint density at radius 1 is 1.10 bits per heavy atom. The van der Waals surface area contributed by atoms with E-state index in [4.69, 9.17) is 34.3 Å². The molecule has 0 aliphatic carbocycles. The lowest BCUT2D eigenvalue weighted by Gasteiger charge is -2.15. The second-order valence-corrected chi connectivity index (χ2v) is 7.96. The minimum atomic E-state index is -0.457. The lowest BCUT2D eigenvalue weighted by atomic mass is 10.1. The van der Waals surface area contributed by atoms with E-state index in [1.165, 1.54) is 4.57 Å². The summed E-state index contributed by atoms with van der Waals surface area (Å²) in [5.41, 5.74) is 6.46. The average Bonchev–Trinajstić information content (AvgIpc) is 2.70.